The van der Waals surface area contributed by atoms with Crippen molar-refractivity contribution in [1.29, 1.82) is 0 Å². The lowest BCUT2D eigenvalue weighted by Gasteiger charge is -2.18. The molecule has 88 valence electrons. The van der Waals surface area contributed by atoms with Crippen molar-refractivity contribution in [2.45, 2.75) is 6.92 Å². The van der Waals surface area contributed by atoms with Gasteiger partial charge in [-0.25, -0.2) is 0 Å². The lowest BCUT2D eigenvalue weighted by molar-refractivity contribution is -0.141. The summed E-state index contributed by atoms with van der Waals surface area (Å²) in [6.45, 7) is 1.79. The van der Waals surface area contributed by atoms with Crippen molar-refractivity contribution in [1.82, 2.24) is 4.90 Å². The van der Waals surface area contributed by atoms with Crippen LogP contribution in [0.15, 0.2) is 15.2 Å². The largest absolute Gasteiger partial charge is 0.481 e. The zero-order valence-corrected chi connectivity index (χ0v) is 11.3. The first kappa shape index (κ1) is 13.2. The van der Waals surface area contributed by atoms with Crippen LogP contribution in [0.25, 0.3) is 0 Å². The normalized spacial score (nSPS) is 12.2. The molecule has 6 heteroatoms. The van der Waals surface area contributed by atoms with Crippen LogP contribution in [-0.4, -0.2) is 35.5 Å². The van der Waals surface area contributed by atoms with Crippen LogP contribution in [0.5, 0.6) is 0 Å². The number of carboxylic acids is 1. The first-order valence-electron chi connectivity index (χ1n) is 4.64. The van der Waals surface area contributed by atoms with Gasteiger partial charge in [-0.3, -0.25) is 9.59 Å². The topological polar surface area (TPSA) is 57.6 Å². The van der Waals surface area contributed by atoms with E-state index in [2.05, 4.69) is 15.9 Å². The minimum Gasteiger partial charge on any atom is -0.481 e. The average molecular weight is 306 g/mol. The summed E-state index contributed by atoms with van der Waals surface area (Å²) in [5, 5.41) is 10.5. The third-order valence-electron chi connectivity index (χ3n) is 2.13. The summed E-state index contributed by atoms with van der Waals surface area (Å²) in [4.78, 5) is 23.9. The van der Waals surface area contributed by atoms with Gasteiger partial charge in [-0.15, -0.1) is 11.3 Å². The molecule has 0 aromatic carbocycles. The van der Waals surface area contributed by atoms with E-state index in [9.17, 15) is 9.59 Å². The van der Waals surface area contributed by atoms with Crippen molar-refractivity contribution < 1.29 is 14.7 Å². The number of amides is 1. The van der Waals surface area contributed by atoms with Crippen LogP contribution in [0, 0.1) is 5.92 Å². The highest BCUT2D eigenvalue weighted by Gasteiger charge is 2.19. The third-order valence-corrected chi connectivity index (χ3v) is 3.63. The summed E-state index contributed by atoms with van der Waals surface area (Å²) >= 11 is 4.71. The van der Waals surface area contributed by atoms with Gasteiger partial charge in [0.15, 0.2) is 0 Å². The molecule has 1 rings (SSSR count). The second kappa shape index (κ2) is 5.45. The Morgan fingerprint density at radius 3 is 2.69 bits per heavy atom. The van der Waals surface area contributed by atoms with E-state index < -0.39 is 11.9 Å². The predicted octanol–water partition coefficient (Wildman–Crippen LogP) is 2.30. The van der Waals surface area contributed by atoms with Gasteiger partial charge in [-0.05, 0) is 22.0 Å². The zero-order valence-electron chi connectivity index (χ0n) is 8.94. The van der Waals surface area contributed by atoms with E-state index in [1.807, 2.05) is 0 Å². The summed E-state index contributed by atoms with van der Waals surface area (Å²) < 4.78 is 0.885. The quantitative estimate of drug-likeness (QED) is 0.928. The van der Waals surface area contributed by atoms with Crippen molar-refractivity contribution in [3.8, 4) is 0 Å². The van der Waals surface area contributed by atoms with Gasteiger partial charge < -0.3 is 10.0 Å². The Balaban J connectivity index is 2.64. The Bertz CT molecular complexity index is 405. The molecule has 16 heavy (non-hydrogen) atoms. The van der Waals surface area contributed by atoms with Gasteiger partial charge in [0.2, 0.25) is 0 Å². The molecule has 0 radical (unpaired) electrons. The van der Waals surface area contributed by atoms with Crippen molar-refractivity contribution >= 4 is 39.1 Å². The Kier molecular flexibility index (Phi) is 4.49. The minimum atomic E-state index is -0.897. The van der Waals surface area contributed by atoms with Gasteiger partial charge in [0.05, 0.1) is 15.3 Å². The molecule has 0 aliphatic carbocycles. The van der Waals surface area contributed by atoms with E-state index >= 15 is 0 Å². The van der Waals surface area contributed by atoms with E-state index in [1.54, 1.807) is 25.4 Å². The summed E-state index contributed by atoms with van der Waals surface area (Å²) in [5.41, 5.74) is 0.581. The number of aliphatic carboxylic acids is 1. The highest BCUT2D eigenvalue weighted by atomic mass is 79.9. The fourth-order valence-electron chi connectivity index (χ4n) is 1.21. The number of hydrogen-bond donors (Lipinski definition) is 1. The van der Waals surface area contributed by atoms with Crippen molar-refractivity contribution in [2.24, 2.45) is 5.92 Å². The van der Waals surface area contributed by atoms with Gasteiger partial charge in [0.1, 0.15) is 0 Å². The van der Waals surface area contributed by atoms with Gasteiger partial charge in [0.25, 0.3) is 5.91 Å². The Labute approximate surface area is 106 Å². The van der Waals surface area contributed by atoms with Crippen molar-refractivity contribution in [2.75, 3.05) is 13.6 Å². The molecule has 1 atom stereocenters. The maximum Gasteiger partial charge on any atom is 0.308 e. The second-order valence-corrected chi connectivity index (χ2v) is 5.85. The molecule has 1 amide bonds. The molecule has 0 saturated heterocycles. The Morgan fingerprint density at radius 1 is 1.62 bits per heavy atom. The molecular formula is C10H12BrNO3S. The summed E-state index contributed by atoms with van der Waals surface area (Å²) in [6.07, 6.45) is 0. The average Bonchev–Trinajstić information content (AvgIpc) is 2.63. The SMILES string of the molecule is CC(CN(C)C(=O)c1csc(Br)c1)C(=O)O. The standard InChI is InChI=1S/C10H12BrNO3S/c1-6(10(14)15)4-12(2)9(13)7-3-8(11)16-5-7/h3,5-6H,4H2,1-2H3,(H,14,15). The van der Waals surface area contributed by atoms with Gasteiger partial charge in [0, 0.05) is 19.0 Å². The van der Waals surface area contributed by atoms with E-state index in [0.717, 1.165) is 3.79 Å². The molecule has 0 aliphatic rings. The fraction of sp³-hybridized carbons (Fsp3) is 0.400. The minimum absolute atomic E-state index is 0.157. The van der Waals surface area contributed by atoms with Gasteiger partial charge in [-0.1, -0.05) is 6.92 Å². The summed E-state index contributed by atoms with van der Waals surface area (Å²) in [7, 11) is 1.60. The molecule has 1 heterocycles. The van der Waals surface area contributed by atoms with E-state index in [0.29, 0.717) is 5.56 Å². The number of nitrogens with zero attached hydrogens (tertiary/aromatic N) is 1. The maximum atomic E-state index is 11.8. The van der Waals surface area contributed by atoms with E-state index in [4.69, 9.17) is 5.11 Å². The van der Waals surface area contributed by atoms with Gasteiger partial charge >= 0.3 is 5.97 Å². The number of thiophene rings is 1. The van der Waals surface area contributed by atoms with E-state index in [-0.39, 0.29) is 12.5 Å². The van der Waals surface area contributed by atoms with Crippen LogP contribution in [0.4, 0.5) is 0 Å². The van der Waals surface area contributed by atoms with Crippen molar-refractivity contribution in [3.63, 3.8) is 0 Å². The number of rotatable bonds is 4. The number of carbonyl (C=O) groups excluding carboxylic acids is 1. The molecule has 1 aromatic heterocycles. The Hall–Kier alpha value is -0.880. The molecule has 0 aliphatic heterocycles. The first-order valence-corrected chi connectivity index (χ1v) is 6.31. The number of carboxylic acid groups (broad SMARTS) is 1. The zero-order chi connectivity index (χ0) is 12.3. The first-order chi connectivity index (χ1) is 7.41. The molecular weight excluding hydrogens is 294 g/mol. The highest BCUT2D eigenvalue weighted by molar-refractivity contribution is 9.11. The molecule has 1 N–H and O–H groups in total. The molecule has 4 nitrogen and oxygen atoms in total. The van der Waals surface area contributed by atoms with Crippen LogP contribution in [-0.2, 0) is 4.79 Å². The number of carbonyl (C=O) groups is 2. The van der Waals surface area contributed by atoms with E-state index in [1.165, 1.54) is 16.2 Å². The number of hydrogen-bond acceptors (Lipinski definition) is 3. The summed E-state index contributed by atoms with van der Waals surface area (Å²) in [6, 6.07) is 1.73. The summed E-state index contributed by atoms with van der Waals surface area (Å²) in [5.74, 6) is -1.61. The molecule has 1 aromatic rings. The van der Waals surface area contributed by atoms with Crippen LogP contribution in [0.2, 0.25) is 0 Å². The fourth-order valence-corrected chi connectivity index (χ4v) is 2.34. The molecule has 0 fully saturated rings. The Morgan fingerprint density at radius 2 is 2.25 bits per heavy atom. The smallest absolute Gasteiger partial charge is 0.308 e. The van der Waals surface area contributed by atoms with Crippen LogP contribution in [0.1, 0.15) is 17.3 Å². The third kappa shape index (κ3) is 3.31. The molecule has 1 unspecified atom stereocenters. The molecule has 0 bridgehead atoms. The van der Waals surface area contributed by atoms with Crippen LogP contribution >= 0.6 is 27.3 Å². The van der Waals surface area contributed by atoms with Gasteiger partial charge in [-0.2, -0.15) is 0 Å². The van der Waals surface area contributed by atoms with Crippen molar-refractivity contribution in [3.05, 3.63) is 20.8 Å². The molecule has 0 saturated carbocycles. The highest BCUT2D eigenvalue weighted by Crippen LogP contribution is 2.21. The lowest BCUT2D eigenvalue weighted by atomic mass is 10.1. The molecule has 0 spiro atoms. The number of halogens is 1. The second-order valence-electron chi connectivity index (χ2n) is 3.56. The van der Waals surface area contributed by atoms with Crippen LogP contribution in [0.3, 0.4) is 0 Å². The monoisotopic (exact) mass is 305 g/mol. The maximum absolute atomic E-state index is 11.8. The predicted molar refractivity (Wildman–Crippen MR) is 65.8 cm³/mol. The lowest BCUT2D eigenvalue weighted by Crippen LogP contribution is -2.33. The van der Waals surface area contributed by atoms with Crippen LogP contribution < -0.4 is 0 Å².